The fraction of sp³-hybridized carbons (Fsp3) is 0. The molecule has 10 aromatic carbocycles. The number of hydrogen-bond donors (Lipinski definition) is 0. The van der Waals surface area contributed by atoms with Crippen molar-refractivity contribution in [2.24, 2.45) is 0 Å². The van der Waals surface area contributed by atoms with Gasteiger partial charge in [-0.25, -0.2) is 0 Å². The molecule has 2 heteroatoms. The van der Waals surface area contributed by atoms with Gasteiger partial charge in [0.25, 0.3) is 0 Å². The lowest BCUT2D eigenvalue weighted by Crippen LogP contribution is -1.90. The third-order valence-electron chi connectivity index (χ3n) is 11.8. The van der Waals surface area contributed by atoms with E-state index in [0.717, 1.165) is 100 Å². The number of benzene rings is 10. The lowest BCUT2D eigenvalue weighted by Gasteiger charge is -2.16. The van der Waals surface area contributed by atoms with Crippen LogP contribution in [0.2, 0.25) is 0 Å². The van der Waals surface area contributed by atoms with E-state index in [9.17, 15) is 10.5 Å². The normalized spacial score (nSPS) is 10.8. The van der Waals surface area contributed by atoms with Gasteiger partial charge in [0.2, 0.25) is 0 Å². The summed E-state index contributed by atoms with van der Waals surface area (Å²) in [5.74, 6) is 0. The van der Waals surface area contributed by atoms with Crippen LogP contribution in [0.4, 0.5) is 0 Å². The van der Waals surface area contributed by atoms with E-state index in [4.69, 9.17) is 0 Å². The minimum atomic E-state index is 0.620. The molecule has 0 aliphatic carbocycles. The molecule has 10 aromatic rings. The summed E-state index contributed by atoms with van der Waals surface area (Å²) in [6.07, 6.45) is 0. The molecular weight excluding hydrogens is 773 g/mol. The summed E-state index contributed by atoms with van der Waals surface area (Å²) in [4.78, 5) is 0. The summed E-state index contributed by atoms with van der Waals surface area (Å²) in [6.45, 7) is 0. The van der Waals surface area contributed by atoms with E-state index in [2.05, 4.69) is 194 Å². The van der Waals surface area contributed by atoms with Crippen LogP contribution in [0.3, 0.4) is 0 Å². The Hall–Kier alpha value is -8.82. The number of rotatable bonds is 9. The molecule has 0 fully saturated rings. The van der Waals surface area contributed by atoms with Crippen molar-refractivity contribution in [3.05, 3.63) is 254 Å². The molecule has 64 heavy (non-hydrogen) atoms. The molecule has 0 saturated carbocycles. The van der Waals surface area contributed by atoms with E-state index in [1.807, 2.05) is 60.7 Å². The van der Waals surface area contributed by atoms with Crippen LogP contribution in [0.1, 0.15) is 11.1 Å². The molecule has 0 aliphatic heterocycles. The molecule has 0 atom stereocenters. The predicted molar refractivity (Wildman–Crippen MR) is 265 cm³/mol. The first-order valence-corrected chi connectivity index (χ1v) is 21.4. The molecule has 0 aromatic heterocycles. The Morgan fingerprint density at radius 3 is 0.594 bits per heavy atom. The zero-order valence-corrected chi connectivity index (χ0v) is 35.0. The molecule has 0 bridgehead atoms. The molecule has 0 spiro atoms. The molecule has 0 heterocycles. The highest BCUT2D eigenvalue weighted by molar-refractivity contribution is 5.88. The fourth-order valence-corrected chi connectivity index (χ4v) is 8.59. The summed E-state index contributed by atoms with van der Waals surface area (Å²) < 4.78 is 0. The second kappa shape index (κ2) is 17.6. The Labute approximate surface area is 374 Å². The van der Waals surface area contributed by atoms with Gasteiger partial charge >= 0.3 is 0 Å². The molecular formula is C62H40N2. The maximum Gasteiger partial charge on any atom is 0.0992 e. The topological polar surface area (TPSA) is 47.6 Å². The highest BCUT2D eigenvalue weighted by atomic mass is 14.3. The predicted octanol–water partition coefficient (Wildman–Crippen LogP) is 16.4. The van der Waals surface area contributed by atoms with E-state index >= 15 is 0 Å². The Morgan fingerprint density at radius 2 is 0.344 bits per heavy atom. The van der Waals surface area contributed by atoms with Crippen LogP contribution in [0.15, 0.2) is 243 Å². The van der Waals surface area contributed by atoms with Crippen LogP contribution in [-0.4, -0.2) is 0 Å². The fourth-order valence-electron chi connectivity index (χ4n) is 8.59. The van der Waals surface area contributed by atoms with Gasteiger partial charge in [-0.15, -0.1) is 0 Å². The lowest BCUT2D eigenvalue weighted by molar-refractivity contribution is 1.47. The standard InChI is InChI=1S/C62H40N2/c63-41-43-27-53(45-15-5-1-6-16-45)33-55(29-43)49-23-13-25-51(31-49)59-38-60(52-26-14-24-50(32-52)56-30-44(42-64)28-54(34-56)46-17-7-2-8-18-46)40-62(39-59)61-36-57(47-19-9-3-10-20-47)35-58(37-61)48-21-11-4-12-22-48/h1-40H. The summed E-state index contributed by atoms with van der Waals surface area (Å²) in [5.41, 5.74) is 20.5. The molecule has 0 amide bonds. The van der Waals surface area contributed by atoms with Gasteiger partial charge in [-0.1, -0.05) is 158 Å². The van der Waals surface area contributed by atoms with Crippen LogP contribution in [0.5, 0.6) is 0 Å². The summed E-state index contributed by atoms with van der Waals surface area (Å²) in [7, 11) is 0. The zero-order chi connectivity index (χ0) is 43.2. The van der Waals surface area contributed by atoms with Crippen LogP contribution in [-0.2, 0) is 0 Å². The van der Waals surface area contributed by atoms with Gasteiger partial charge in [-0.05, 0) is 185 Å². The van der Waals surface area contributed by atoms with Gasteiger partial charge in [0.1, 0.15) is 0 Å². The average molecular weight is 813 g/mol. The van der Waals surface area contributed by atoms with Crippen molar-refractivity contribution in [2.45, 2.75) is 0 Å². The van der Waals surface area contributed by atoms with Gasteiger partial charge in [0.05, 0.1) is 23.3 Å². The van der Waals surface area contributed by atoms with Crippen molar-refractivity contribution in [3.8, 4) is 112 Å². The van der Waals surface area contributed by atoms with Crippen molar-refractivity contribution in [1.82, 2.24) is 0 Å². The Kier molecular flexibility index (Phi) is 10.8. The van der Waals surface area contributed by atoms with E-state index < -0.39 is 0 Å². The quantitative estimate of drug-likeness (QED) is 0.146. The number of nitrogens with zero attached hydrogens (tertiary/aromatic N) is 2. The molecule has 0 aliphatic rings. The zero-order valence-electron chi connectivity index (χ0n) is 35.0. The highest BCUT2D eigenvalue weighted by Gasteiger charge is 2.14. The van der Waals surface area contributed by atoms with Crippen LogP contribution in [0.25, 0.3) is 100 Å². The van der Waals surface area contributed by atoms with Crippen molar-refractivity contribution in [1.29, 1.82) is 10.5 Å². The van der Waals surface area contributed by atoms with Crippen molar-refractivity contribution >= 4 is 0 Å². The average Bonchev–Trinajstić information content (AvgIpc) is 3.39. The minimum absolute atomic E-state index is 0.620. The van der Waals surface area contributed by atoms with Crippen LogP contribution >= 0.6 is 0 Å². The Balaban J connectivity index is 1.15. The van der Waals surface area contributed by atoms with Gasteiger partial charge < -0.3 is 0 Å². The minimum Gasteiger partial charge on any atom is -0.192 e. The van der Waals surface area contributed by atoms with Crippen molar-refractivity contribution < 1.29 is 0 Å². The SMILES string of the molecule is N#Cc1cc(-c2ccccc2)cc(-c2cccc(-c3cc(-c4cccc(-c5cc(C#N)cc(-c6ccccc6)c5)c4)cc(-c4cc(-c5ccccc5)cc(-c5ccccc5)c4)c3)c2)c1. The molecule has 298 valence electrons. The monoisotopic (exact) mass is 812 g/mol. The lowest BCUT2D eigenvalue weighted by atomic mass is 9.88. The van der Waals surface area contributed by atoms with E-state index in [0.29, 0.717) is 11.1 Å². The Bertz CT molecular complexity index is 3150. The maximum atomic E-state index is 10.1. The smallest absolute Gasteiger partial charge is 0.0992 e. The third-order valence-corrected chi connectivity index (χ3v) is 11.8. The highest BCUT2D eigenvalue weighted by Crippen LogP contribution is 2.40. The third kappa shape index (κ3) is 8.41. The van der Waals surface area contributed by atoms with Crippen LogP contribution < -0.4 is 0 Å². The van der Waals surface area contributed by atoms with Gasteiger partial charge in [-0.3, -0.25) is 0 Å². The molecule has 0 unspecified atom stereocenters. The van der Waals surface area contributed by atoms with Gasteiger partial charge in [0.15, 0.2) is 0 Å². The molecule has 0 radical (unpaired) electrons. The number of nitriles is 2. The van der Waals surface area contributed by atoms with E-state index in [1.165, 1.54) is 0 Å². The van der Waals surface area contributed by atoms with Gasteiger partial charge in [-0.2, -0.15) is 10.5 Å². The maximum absolute atomic E-state index is 10.1. The van der Waals surface area contributed by atoms with E-state index in [-0.39, 0.29) is 0 Å². The summed E-state index contributed by atoms with van der Waals surface area (Å²) in [6, 6.07) is 89.6. The molecule has 0 N–H and O–H groups in total. The number of hydrogen-bond acceptors (Lipinski definition) is 2. The van der Waals surface area contributed by atoms with Gasteiger partial charge in [0, 0.05) is 0 Å². The van der Waals surface area contributed by atoms with Crippen molar-refractivity contribution in [2.75, 3.05) is 0 Å². The van der Waals surface area contributed by atoms with E-state index in [1.54, 1.807) is 0 Å². The first-order chi connectivity index (χ1) is 31.6. The second-order valence-electron chi connectivity index (χ2n) is 16.0. The molecule has 0 saturated heterocycles. The Morgan fingerprint density at radius 1 is 0.172 bits per heavy atom. The first-order valence-electron chi connectivity index (χ1n) is 21.4. The van der Waals surface area contributed by atoms with Crippen LogP contribution in [0, 0.1) is 22.7 Å². The molecule has 10 rings (SSSR count). The second-order valence-corrected chi connectivity index (χ2v) is 16.0. The summed E-state index contributed by atoms with van der Waals surface area (Å²) in [5, 5.41) is 20.2. The largest absolute Gasteiger partial charge is 0.192 e. The summed E-state index contributed by atoms with van der Waals surface area (Å²) >= 11 is 0. The van der Waals surface area contributed by atoms with Crippen molar-refractivity contribution in [3.63, 3.8) is 0 Å². The molecule has 2 nitrogen and oxygen atoms in total. The first kappa shape index (κ1) is 39.3.